The minimum Gasteiger partial charge on any atom is -0.489 e. The Morgan fingerprint density at radius 3 is 2.56 bits per heavy atom. The van der Waals surface area contributed by atoms with Crippen LogP contribution in [0.5, 0.6) is 11.5 Å². The van der Waals surface area contributed by atoms with Gasteiger partial charge in [-0.05, 0) is 81.6 Å². The number of pyridine rings is 2. The van der Waals surface area contributed by atoms with E-state index in [0.717, 1.165) is 12.8 Å². The number of ether oxygens (including phenoxy) is 2. The van der Waals surface area contributed by atoms with Crippen LogP contribution in [-0.4, -0.2) is 44.6 Å². The van der Waals surface area contributed by atoms with Gasteiger partial charge in [0.05, 0.1) is 24.1 Å². The number of halogens is 1. The van der Waals surface area contributed by atoms with Crippen molar-refractivity contribution in [3.05, 3.63) is 82.9 Å². The molecule has 9 nitrogen and oxygen atoms in total. The van der Waals surface area contributed by atoms with Crippen LogP contribution in [0.25, 0.3) is 22.2 Å². The van der Waals surface area contributed by atoms with Gasteiger partial charge in [0, 0.05) is 28.5 Å². The number of amides is 1. The normalized spacial score (nSPS) is 19.0. The molecule has 4 aromatic rings. The summed E-state index contributed by atoms with van der Waals surface area (Å²) in [6, 6.07) is 14.2. The van der Waals surface area contributed by atoms with E-state index in [-0.39, 0.29) is 43.6 Å². The number of Topliss-reactive ketones (excluding diaryl/α,β-unsaturated/α-hetero) is 1. The number of primary amides is 1. The molecule has 1 aliphatic heterocycles. The van der Waals surface area contributed by atoms with Crippen LogP contribution in [-0.2, 0) is 22.4 Å². The second-order valence-electron chi connectivity index (χ2n) is 11.7. The van der Waals surface area contributed by atoms with E-state index in [2.05, 4.69) is 4.98 Å². The molecular formula is C33H32FN3O6. The first kappa shape index (κ1) is 28.7. The second-order valence-corrected chi connectivity index (χ2v) is 11.7. The van der Waals surface area contributed by atoms with Gasteiger partial charge in [0.1, 0.15) is 46.1 Å². The van der Waals surface area contributed by atoms with Crippen LogP contribution in [0.3, 0.4) is 0 Å². The predicted molar refractivity (Wildman–Crippen MR) is 156 cm³/mol. The first-order valence-electron chi connectivity index (χ1n) is 14.2. The summed E-state index contributed by atoms with van der Waals surface area (Å²) in [7, 11) is 0. The molecular weight excluding hydrogens is 553 g/mol. The average molecular weight is 586 g/mol. The standard InChI is InChI=1S/C33H32FN3O6/c1-32(31(35)40)17-42-30-24(32)15-27(37-29(30)18-3-6-21(34)7-4-18)33(2,41)12-11-25(39)20-13-19-5-8-22(16-38)36-28(19)26(14-20)43-23-9-10-23/h3-8,13-15,23,38,41H,9-12,16-17H2,1-2H3,(H2,35,40)/t32-,33-/m0/s1. The van der Waals surface area contributed by atoms with E-state index >= 15 is 0 Å². The Kier molecular flexibility index (Phi) is 7.14. The molecule has 2 aromatic carbocycles. The number of rotatable bonds is 10. The van der Waals surface area contributed by atoms with Crippen LogP contribution in [0.2, 0.25) is 0 Å². The highest BCUT2D eigenvalue weighted by Crippen LogP contribution is 2.46. The number of hydrogen-bond acceptors (Lipinski definition) is 8. The lowest BCUT2D eigenvalue weighted by Gasteiger charge is -2.26. The Labute approximate surface area is 247 Å². The molecule has 4 N–H and O–H groups in total. The predicted octanol–water partition coefficient (Wildman–Crippen LogP) is 4.48. The SMILES string of the molecule is C[C@](O)(CCC(=O)c1cc(OC2CC2)c2nc(CO)ccc2c1)c1cc2c(c(-c3ccc(F)cc3)n1)OC[C@]2(C)C(N)=O. The molecule has 43 heavy (non-hydrogen) atoms. The fraction of sp³-hybridized carbons (Fsp3) is 0.333. The summed E-state index contributed by atoms with van der Waals surface area (Å²) in [5, 5.41) is 21.9. The fourth-order valence-electron chi connectivity index (χ4n) is 5.24. The lowest BCUT2D eigenvalue weighted by atomic mass is 9.81. The molecule has 1 saturated carbocycles. The number of nitrogens with zero attached hydrogens (tertiary/aromatic N) is 2. The van der Waals surface area contributed by atoms with E-state index in [1.54, 1.807) is 56.3 Å². The van der Waals surface area contributed by atoms with Crippen LogP contribution in [0, 0.1) is 5.82 Å². The molecule has 0 saturated heterocycles. The fourth-order valence-corrected chi connectivity index (χ4v) is 5.24. The van der Waals surface area contributed by atoms with Crippen molar-refractivity contribution in [2.24, 2.45) is 5.73 Å². The molecule has 6 rings (SSSR count). The van der Waals surface area contributed by atoms with Crippen molar-refractivity contribution in [1.82, 2.24) is 9.97 Å². The molecule has 1 amide bonds. The lowest BCUT2D eigenvalue weighted by molar-refractivity contribution is -0.123. The van der Waals surface area contributed by atoms with E-state index in [1.807, 2.05) is 0 Å². The molecule has 0 unspecified atom stereocenters. The zero-order valence-electron chi connectivity index (χ0n) is 23.9. The Balaban J connectivity index is 1.32. The molecule has 2 aromatic heterocycles. The molecule has 0 bridgehead atoms. The number of aliphatic hydroxyl groups excluding tert-OH is 1. The van der Waals surface area contributed by atoms with Crippen LogP contribution < -0.4 is 15.2 Å². The van der Waals surface area contributed by atoms with E-state index in [1.165, 1.54) is 12.1 Å². The molecule has 3 heterocycles. The van der Waals surface area contributed by atoms with Gasteiger partial charge in [-0.2, -0.15) is 0 Å². The Bertz CT molecular complexity index is 1750. The average Bonchev–Trinajstić information content (AvgIpc) is 3.75. The van der Waals surface area contributed by atoms with Gasteiger partial charge < -0.3 is 25.4 Å². The number of benzene rings is 2. The molecule has 0 spiro atoms. The van der Waals surface area contributed by atoms with Crippen molar-refractivity contribution >= 4 is 22.6 Å². The summed E-state index contributed by atoms with van der Waals surface area (Å²) in [6.45, 7) is 3.01. The maximum atomic E-state index is 13.7. The highest BCUT2D eigenvalue weighted by atomic mass is 19.1. The highest BCUT2D eigenvalue weighted by Gasteiger charge is 2.45. The number of carbonyl (C=O) groups excluding carboxylic acids is 2. The highest BCUT2D eigenvalue weighted by molar-refractivity contribution is 6.01. The van der Waals surface area contributed by atoms with E-state index in [9.17, 15) is 24.2 Å². The van der Waals surface area contributed by atoms with Gasteiger partial charge in [-0.3, -0.25) is 9.59 Å². The smallest absolute Gasteiger partial charge is 0.231 e. The van der Waals surface area contributed by atoms with Gasteiger partial charge in [0.25, 0.3) is 0 Å². The molecule has 1 aliphatic carbocycles. The number of fused-ring (bicyclic) bond motifs is 2. The van der Waals surface area contributed by atoms with Crippen molar-refractivity contribution in [2.75, 3.05) is 6.61 Å². The number of carbonyl (C=O) groups is 2. The summed E-state index contributed by atoms with van der Waals surface area (Å²) in [6.07, 6.45) is 1.93. The molecule has 10 heteroatoms. The minimum absolute atomic E-state index is 0.000493. The van der Waals surface area contributed by atoms with Crippen molar-refractivity contribution in [2.45, 2.75) is 63.3 Å². The van der Waals surface area contributed by atoms with E-state index in [0.29, 0.717) is 50.5 Å². The van der Waals surface area contributed by atoms with Gasteiger partial charge in [0.2, 0.25) is 5.91 Å². The first-order valence-corrected chi connectivity index (χ1v) is 14.2. The van der Waals surface area contributed by atoms with Gasteiger partial charge in [-0.15, -0.1) is 0 Å². The quantitative estimate of drug-likeness (QED) is 0.231. The summed E-state index contributed by atoms with van der Waals surface area (Å²) >= 11 is 0. The molecule has 2 aliphatic rings. The maximum Gasteiger partial charge on any atom is 0.231 e. The Morgan fingerprint density at radius 1 is 1.14 bits per heavy atom. The zero-order valence-corrected chi connectivity index (χ0v) is 23.9. The van der Waals surface area contributed by atoms with Crippen molar-refractivity contribution in [3.8, 4) is 22.8 Å². The van der Waals surface area contributed by atoms with Crippen LogP contribution in [0.1, 0.15) is 66.8 Å². The topological polar surface area (TPSA) is 145 Å². The molecule has 2 atom stereocenters. The van der Waals surface area contributed by atoms with Gasteiger partial charge in [-0.1, -0.05) is 6.07 Å². The first-order chi connectivity index (χ1) is 20.5. The molecule has 222 valence electrons. The summed E-state index contributed by atoms with van der Waals surface area (Å²) in [4.78, 5) is 35.1. The van der Waals surface area contributed by atoms with E-state index in [4.69, 9.17) is 20.2 Å². The van der Waals surface area contributed by atoms with Crippen LogP contribution in [0.4, 0.5) is 4.39 Å². The Morgan fingerprint density at radius 2 is 1.88 bits per heavy atom. The van der Waals surface area contributed by atoms with Crippen LogP contribution >= 0.6 is 0 Å². The number of hydrogen-bond donors (Lipinski definition) is 3. The van der Waals surface area contributed by atoms with Gasteiger partial charge >= 0.3 is 0 Å². The Hall–Kier alpha value is -4.41. The third-order valence-corrected chi connectivity index (χ3v) is 8.24. The number of nitrogens with two attached hydrogens (primary N) is 1. The third-order valence-electron chi connectivity index (χ3n) is 8.24. The lowest BCUT2D eigenvalue weighted by Crippen LogP contribution is -2.40. The zero-order chi connectivity index (χ0) is 30.5. The van der Waals surface area contributed by atoms with E-state index < -0.39 is 22.7 Å². The minimum atomic E-state index is -1.58. The van der Waals surface area contributed by atoms with Crippen molar-refractivity contribution in [3.63, 3.8) is 0 Å². The number of ketones is 1. The second kappa shape index (κ2) is 10.7. The molecule has 0 radical (unpaired) electrons. The largest absolute Gasteiger partial charge is 0.489 e. The van der Waals surface area contributed by atoms with Crippen LogP contribution in [0.15, 0.2) is 54.6 Å². The van der Waals surface area contributed by atoms with Gasteiger partial charge in [0.15, 0.2) is 5.78 Å². The summed E-state index contributed by atoms with van der Waals surface area (Å²) < 4.78 is 25.6. The maximum absolute atomic E-state index is 13.7. The molecule has 1 fully saturated rings. The number of aromatic nitrogens is 2. The van der Waals surface area contributed by atoms with Crippen molar-refractivity contribution < 1.29 is 33.7 Å². The third kappa shape index (κ3) is 5.44. The van der Waals surface area contributed by atoms with Crippen molar-refractivity contribution in [1.29, 1.82) is 0 Å². The summed E-state index contributed by atoms with van der Waals surface area (Å²) in [5.74, 6) is -0.390. The van der Waals surface area contributed by atoms with Gasteiger partial charge in [-0.25, -0.2) is 14.4 Å². The summed E-state index contributed by atoms with van der Waals surface area (Å²) in [5.41, 5.74) is 6.10. The number of aliphatic hydroxyl groups is 2. The monoisotopic (exact) mass is 585 g/mol.